The third kappa shape index (κ3) is 14.7. The second-order valence-electron chi connectivity index (χ2n) is 8.75. The van der Waals surface area contributed by atoms with Crippen LogP contribution in [0.3, 0.4) is 0 Å². The predicted molar refractivity (Wildman–Crippen MR) is 112 cm³/mol. The number of carbonyl (C=O) groups is 4. The summed E-state index contributed by atoms with van der Waals surface area (Å²) in [6.45, 7) is 12.1. The van der Waals surface area contributed by atoms with Gasteiger partial charge in [-0.05, 0) is 32.1 Å². The van der Waals surface area contributed by atoms with Crippen LogP contribution in [-0.2, 0) is 19.2 Å². The molecule has 0 spiro atoms. The molecule has 29 heavy (non-hydrogen) atoms. The van der Waals surface area contributed by atoms with Gasteiger partial charge in [-0.3, -0.25) is 19.2 Å². The second-order valence-corrected chi connectivity index (χ2v) is 8.75. The molecule has 4 N–H and O–H groups in total. The van der Waals surface area contributed by atoms with Crippen LogP contribution in [0.25, 0.3) is 0 Å². The summed E-state index contributed by atoms with van der Waals surface area (Å²) in [5, 5.41) is 22.9. The number of carboxylic acids is 1. The highest BCUT2D eigenvalue weighted by atomic mass is 16.4. The maximum absolute atomic E-state index is 11.9. The zero-order chi connectivity index (χ0) is 23.2. The average Bonchev–Trinajstić information content (AvgIpc) is 2.59. The molecule has 0 aromatic carbocycles. The van der Waals surface area contributed by atoms with Gasteiger partial charge in [-0.2, -0.15) is 0 Å². The summed E-state index contributed by atoms with van der Waals surface area (Å²) in [4.78, 5) is 46.6. The predicted octanol–water partition coefficient (Wildman–Crippen LogP) is 2.14. The van der Waals surface area contributed by atoms with Crippen LogP contribution in [0.1, 0.15) is 74.1 Å². The van der Waals surface area contributed by atoms with E-state index in [-0.39, 0.29) is 12.3 Å². The van der Waals surface area contributed by atoms with Crippen molar-refractivity contribution in [3.05, 3.63) is 0 Å². The standard InChI is InChI=1S/C17H30N2O6.C4H10/c1-11(2)7-5-6-8-14(22)19-12(10-20)15(23)18-9-13(21)17(3,4)16(24)25;1-4(2)3/h11-12,20H,5-10H2,1-4H3,(H,18,23)(H,19,22)(H,24,25);4H,1-3H3/t12-;/m0./s1. The fraction of sp³-hybridized carbons (Fsp3) is 0.810. The molecular formula is C21H40N2O6. The summed E-state index contributed by atoms with van der Waals surface area (Å²) in [5.41, 5.74) is -1.62. The maximum Gasteiger partial charge on any atom is 0.316 e. The van der Waals surface area contributed by atoms with Crippen LogP contribution in [0.15, 0.2) is 0 Å². The Morgan fingerprint density at radius 3 is 1.90 bits per heavy atom. The molecule has 0 heterocycles. The minimum Gasteiger partial charge on any atom is -0.481 e. The molecule has 0 bridgehead atoms. The number of unbranched alkanes of at least 4 members (excludes halogenated alkanes) is 1. The lowest BCUT2D eigenvalue weighted by atomic mass is 9.88. The molecule has 8 nitrogen and oxygen atoms in total. The van der Waals surface area contributed by atoms with E-state index in [1.54, 1.807) is 0 Å². The molecule has 0 aliphatic heterocycles. The molecule has 0 aliphatic carbocycles. The third-order valence-corrected chi connectivity index (χ3v) is 3.92. The van der Waals surface area contributed by atoms with Crippen LogP contribution in [-0.4, -0.2) is 53.0 Å². The van der Waals surface area contributed by atoms with Gasteiger partial charge in [0, 0.05) is 6.42 Å². The summed E-state index contributed by atoms with van der Waals surface area (Å²) >= 11 is 0. The van der Waals surface area contributed by atoms with Gasteiger partial charge in [0.15, 0.2) is 5.78 Å². The Balaban J connectivity index is 0. The van der Waals surface area contributed by atoms with Crippen molar-refractivity contribution in [3.63, 3.8) is 0 Å². The summed E-state index contributed by atoms with van der Waals surface area (Å²) in [5.74, 6) is -1.65. The largest absolute Gasteiger partial charge is 0.481 e. The summed E-state index contributed by atoms with van der Waals surface area (Å²) < 4.78 is 0. The molecule has 0 fully saturated rings. The third-order valence-electron chi connectivity index (χ3n) is 3.92. The normalized spacial score (nSPS) is 12.1. The SMILES string of the molecule is CC(C)C.CC(C)CCCCC(=O)N[C@@H](CO)C(=O)NCC(=O)C(C)(C)C(=O)O. The fourth-order valence-corrected chi connectivity index (χ4v) is 1.93. The molecule has 0 radical (unpaired) electrons. The number of aliphatic hydroxyl groups is 1. The number of carboxylic acid groups (broad SMARTS) is 1. The Bertz CT molecular complexity index is 527. The van der Waals surface area contributed by atoms with Crippen LogP contribution in [0.2, 0.25) is 0 Å². The van der Waals surface area contributed by atoms with Crippen molar-refractivity contribution < 1.29 is 29.4 Å². The first-order chi connectivity index (χ1) is 13.2. The van der Waals surface area contributed by atoms with Crippen LogP contribution in [0, 0.1) is 17.3 Å². The zero-order valence-electron chi connectivity index (χ0n) is 19.0. The number of nitrogens with one attached hydrogen (secondary N) is 2. The molecule has 2 amide bonds. The number of amides is 2. The number of hydrogen-bond donors (Lipinski definition) is 4. The number of Topliss-reactive ketones (excluding diaryl/α,β-unsaturated/α-hetero) is 1. The highest BCUT2D eigenvalue weighted by molar-refractivity contribution is 6.04. The van der Waals surface area contributed by atoms with Crippen molar-refractivity contribution in [1.29, 1.82) is 0 Å². The molecule has 0 unspecified atom stereocenters. The Morgan fingerprint density at radius 2 is 1.48 bits per heavy atom. The van der Waals surface area contributed by atoms with Crippen LogP contribution >= 0.6 is 0 Å². The van der Waals surface area contributed by atoms with Crippen molar-refractivity contribution >= 4 is 23.6 Å². The lowest BCUT2D eigenvalue weighted by Gasteiger charge is -2.20. The van der Waals surface area contributed by atoms with E-state index in [0.717, 1.165) is 18.8 Å². The molecule has 170 valence electrons. The Hall–Kier alpha value is -1.96. The summed E-state index contributed by atoms with van der Waals surface area (Å²) in [6, 6.07) is -1.17. The lowest BCUT2D eigenvalue weighted by Crippen LogP contribution is -2.51. The quantitative estimate of drug-likeness (QED) is 0.285. The molecule has 0 aromatic heterocycles. The van der Waals surface area contributed by atoms with E-state index in [1.165, 1.54) is 13.8 Å². The van der Waals surface area contributed by atoms with E-state index in [0.29, 0.717) is 12.3 Å². The summed E-state index contributed by atoms with van der Waals surface area (Å²) in [6.07, 6.45) is 2.86. The fourth-order valence-electron chi connectivity index (χ4n) is 1.93. The van der Waals surface area contributed by atoms with Gasteiger partial charge in [-0.1, -0.05) is 47.5 Å². The van der Waals surface area contributed by atoms with Crippen LogP contribution in [0.5, 0.6) is 0 Å². The highest BCUT2D eigenvalue weighted by Gasteiger charge is 2.35. The van der Waals surface area contributed by atoms with Crippen LogP contribution in [0.4, 0.5) is 0 Å². The second kappa shape index (κ2) is 15.0. The van der Waals surface area contributed by atoms with Gasteiger partial charge in [0.25, 0.3) is 0 Å². The number of hydrogen-bond acceptors (Lipinski definition) is 5. The zero-order valence-corrected chi connectivity index (χ0v) is 19.0. The van der Waals surface area contributed by atoms with Gasteiger partial charge in [0.05, 0.1) is 13.2 Å². The number of rotatable bonds is 12. The number of ketones is 1. The van der Waals surface area contributed by atoms with E-state index < -0.39 is 42.3 Å². The first-order valence-electron chi connectivity index (χ1n) is 10.2. The highest BCUT2D eigenvalue weighted by Crippen LogP contribution is 2.16. The molecule has 0 saturated heterocycles. The Labute approximate surface area is 174 Å². The minimum atomic E-state index is -1.62. The average molecular weight is 417 g/mol. The molecule has 1 atom stereocenters. The topological polar surface area (TPSA) is 133 Å². The van der Waals surface area contributed by atoms with Crippen molar-refractivity contribution in [2.75, 3.05) is 13.2 Å². The molecular weight excluding hydrogens is 376 g/mol. The minimum absolute atomic E-state index is 0.251. The maximum atomic E-state index is 11.9. The van der Waals surface area contributed by atoms with Crippen molar-refractivity contribution in [2.45, 2.75) is 80.2 Å². The number of carbonyl (C=O) groups excluding carboxylic acids is 3. The van der Waals surface area contributed by atoms with Crippen molar-refractivity contribution in [2.24, 2.45) is 17.3 Å². The number of aliphatic hydroxyl groups excluding tert-OH is 1. The van der Waals surface area contributed by atoms with Gasteiger partial charge in [0.2, 0.25) is 11.8 Å². The smallest absolute Gasteiger partial charge is 0.316 e. The van der Waals surface area contributed by atoms with E-state index in [1.807, 2.05) is 0 Å². The Morgan fingerprint density at radius 1 is 0.966 bits per heavy atom. The molecule has 8 heteroatoms. The molecule has 0 rings (SSSR count). The van der Waals surface area contributed by atoms with E-state index in [2.05, 4.69) is 45.3 Å². The van der Waals surface area contributed by atoms with E-state index in [9.17, 15) is 24.3 Å². The van der Waals surface area contributed by atoms with Gasteiger partial charge >= 0.3 is 5.97 Å². The van der Waals surface area contributed by atoms with E-state index >= 15 is 0 Å². The van der Waals surface area contributed by atoms with Gasteiger partial charge in [0.1, 0.15) is 11.5 Å². The monoisotopic (exact) mass is 416 g/mol. The van der Waals surface area contributed by atoms with Gasteiger partial charge in [-0.15, -0.1) is 0 Å². The van der Waals surface area contributed by atoms with Crippen molar-refractivity contribution in [3.8, 4) is 0 Å². The molecule has 0 aromatic rings. The first kappa shape index (κ1) is 29.2. The first-order valence-corrected chi connectivity index (χ1v) is 10.2. The van der Waals surface area contributed by atoms with E-state index in [4.69, 9.17) is 5.11 Å². The summed E-state index contributed by atoms with van der Waals surface area (Å²) in [7, 11) is 0. The lowest BCUT2D eigenvalue weighted by molar-refractivity contribution is -0.152. The van der Waals surface area contributed by atoms with Gasteiger partial charge in [-0.25, -0.2) is 0 Å². The number of aliphatic carboxylic acids is 1. The molecule has 0 aliphatic rings. The van der Waals surface area contributed by atoms with Gasteiger partial charge < -0.3 is 20.8 Å². The molecule has 0 saturated carbocycles. The Kier molecular flexibility index (Phi) is 15.1. The van der Waals surface area contributed by atoms with Crippen molar-refractivity contribution in [1.82, 2.24) is 10.6 Å². The van der Waals surface area contributed by atoms with Crippen LogP contribution < -0.4 is 10.6 Å².